The number of hydrogen-bond donors (Lipinski definition) is 3. The third-order valence-electron chi connectivity index (χ3n) is 3.56. The van der Waals surface area contributed by atoms with Gasteiger partial charge in [0.25, 0.3) is 5.91 Å². The highest BCUT2D eigenvalue weighted by molar-refractivity contribution is 5.97. The summed E-state index contributed by atoms with van der Waals surface area (Å²) in [5.74, 6) is 0.221. The molecule has 1 rings (SSSR count). The maximum Gasteiger partial charge on any atom is 0.251 e. The average Bonchev–Trinajstić information content (AvgIpc) is 2.52. The molecule has 0 aliphatic rings. The summed E-state index contributed by atoms with van der Waals surface area (Å²) < 4.78 is 5.36. The second kappa shape index (κ2) is 9.93. The number of carbonyl (C=O) groups is 2. The van der Waals surface area contributed by atoms with Crippen LogP contribution in [0.3, 0.4) is 0 Å². The summed E-state index contributed by atoms with van der Waals surface area (Å²) in [7, 11) is 0. The third kappa shape index (κ3) is 6.58. The Kier molecular flexibility index (Phi) is 8.26. The van der Waals surface area contributed by atoms with E-state index in [1.54, 1.807) is 24.3 Å². The van der Waals surface area contributed by atoms with Gasteiger partial charge in [-0.05, 0) is 50.5 Å². The van der Waals surface area contributed by atoms with Gasteiger partial charge in [-0.25, -0.2) is 0 Å². The Morgan fingerprint density at radius 2 is 1.79 bits per heavy atom. The van der Waals surface area contributed by atoms with Crippen LogP contribution in [-0.4, -0.2) is 37.0 Å². The van der Waals surface area contributed by atoms with Crippen LogP contribution in [-0.2, 0) is 4.79 Å². The van der Waals surface area contributed by atoms with E-state index < -0.39 is 6.04 Å². The van der Waals surface area contributed by atoms with Crippen LogP contribution in [0.25, 0.3) is 0 Å². The van der Waals surface area contributed by atoms with Gasteiger partial charge in [-0.15, -0.1) is 0 Å². The first kappa shape index (κ1) is 20.0. The molecule has 4 N–H and O–H groups in total. The minimum atomic E-state index is -0.586. The van der Waals surface area contributed by atoms with Crippen molar-refractivity contribution in [2.75, 3.05) is 13.2 Å². The van der Waals surface area contributed by atoms with Gasteiger partial charge in [0.05, 0.1) is 6.61 Å². The predicted octanol–water partition coefficient (Wildman–Crippen LogP) is 1.69. The van der Waals surface area contributed by atoms with Crippen LogP contribution >= 0.6 is 0 Å². The van der Waals surface area contributed by atoms with Crippen molar-refractivity contribution in [3.63, 3.8) is 0 Å². The highest BCUT2D eigenvalue weighted by atomic mass is 16.5. The molecule has 1 aromatic carbocycles. The fourth-order valence-corrected chi connectivity index (χ4v) is 2.16. The van der Waals surface area contributed by atoms with E-state index in [-0.39, 0.29) is 23.8 Å². The lowest BCUT2D eigenvalue weighted by Gasteiger charge is -2.22. The van der Waals surface area contributed by atoms with Gasteiger partial charge in [0.1, 0.15) is 11.8 Å². The minimum absolute atomic E-state index is 0.0213. The molecule has 0 spiro atoms. The van der Waals surface area contributed by atoms with Gasteiger partial charge < -0.3 is 21.1 Å². The summed E-state index contributed by atoms with van der Waals surface area (Å²) >= 11 is 0. The van der Waals surface area contributed by atoms with Gasteiger partial charge in [0.15, 0.2) is 0 Å². The van der Waals surface area contributed by atoms with E-state index in [2.05, 4.69) is 10.6 Å². The first-order valence-electron chi connectivity index (χ1n) is 8.42. The van der Waals surface area contributed by atoms with Crippen LogP contribution in [0.5, 0.6) is 5.75 Å². The van der Waals surface area contributed by atoms with Gasteiger partial charge in [0.2, 0.25) is 5.91 Å². The molecule has 2 unspecified atom stereocenters. The second-order valence-corrected chi connectivity index (χ2v) is 6.21. The van der Waals surface area contributed by atoms with Crippen molar-refractivity contribution >= 4 is 11.8 Å². The third-order valence-corrected chi connectivity index (χ3v) is 3.56. The van der Waals surface area contributed by atoms with E-state index in [0.717, 1.165) is 0 Å². The van der Waals surface area contributed by atoms with Gasteiger partial charge in [-0.3, -0.25) is 9.59 Å². The van der Waals surface area contributed by atoms with Crippen LogP contribution in [0.1, 0.15) is 44.5 Å². The smallest absolute Gasteiger partial charge is 0.251 e. The van der Waals surface area contributed by atoms with Crippen LogP contribution in [0.4, 0.5) is 0 Å². The van der Waals surface area contributed by atoms with E-state index in [9.17, 15) is 9.59 Å². The summed E-state index contributed by atoms with van der Waals surface area (Å²) in [6.45, 7) is 8.65. The zero-order chi connectivity index (χ0) is 18.1. The molecule has 0 aliphatic carbocycles. The number of benzene rings is 1. The van der Waals surface area contributed by atoms with Crippen LogP contribution < -0.4 is 21.1 Å². The molecule has 6 nitrogen and oxygen atoms in total. The zero-order valence-electron chi connectivity index (χ0n) is 15.0. The summed E-state index contributed by atoms with van der Waals surface area (Å²) in [5.41, 5.74) is 6.17. The maximum atomic E-state index is 12.4. The lowest BCUT2D eigenvalue weighted by Crippen LogP contribution is -2.50. The quantitative estimate of drug-likeness (QED) is 0.640. The molecular weight excluding hydrogens is 306 g/mol. The number of nitrogens with two attached hydrogens (primary N) is 1. The number of ether oxygens (including phenoxy) is 1. The number of nitrogens with one attached hydrogen (secondary N) is 2. The van der Waals surface area contributed by atoms with Crippen LogP contribution in [0.2, 0.25) is 0 Å². The van der Waals surface area contributed by atoms with Crippen molar-refractivity contribution in [2.24, 2.45) is 11.7 Å². The second-order valence-electron chi connectivity index (χ2n) is 6.21. The molecule has 0 heterocycles. The molecule has 0 aromatic heterocycles. The summed E-state index contributed by atoms with van der Waals surface area (Å²) in [4.78, 5) is 24.6. The first-order chi connectivity index (χ1) is 11.3. The summed E-state index contributed by atoms with van der Waals surface area (Å²) in [5, 5.41) is 5.62. The fourth-order valence-electron chi connectivity index (χ4n) is 2.16. The van der Waals surface area contributed by atoms with Crippen molar-refractivity contribution in [3.8, 4) is 5.75 Å². The Bertz CT molecular complexity index is 527. The lowest BCUT2D eigenvalue weighted by atomic mass is 10.0. The Hall–Kier alpha value is -2.08. The maximum absolute atomic E-state index is 12.4. The lowest BCUT2D eigenvalue weighted by molar-refractivity contribution is -0.123. The van der Waals surface area contributed by atoms with Crippen LogP contribution in [0.15, 0.2) is 24.3 Å². The monoisotopic (exact) mass is 335 g/mol. The largest absolute Gasteiger partial charge is 0.494 e. The number of amides is 2. The van der Waals surface area contributed by atoms with Gasteiger partial charge in [-0.2, -0.15) is 0 Å². The van der Waals surface area contributed by atoms with Gasteiger partial charge in [0, 0.05) is 18.2 Å². The molecule has 0 radical (unpaired) electrons. The Labute approximate surface area is 144 Å². The molecule has 0 aliphatic heterocycles. The normalized spacial score (nSPS) is 13.2. The molecular formula is C18H29N3O3. The molecule has 2 atom stereocenters. The summed E-state index contributed by atoms with van der Waals surface area (Å²) in [6, 6.07) is 6.30. The Balaban J connectivity index is 2.66. The molecule has 2 amide bonds. The summed E-state index contributed by atoms with van der Waals surface area (Å²) in [6.07, 6.45) is 0.698. The van der Waals surface area contributed by atoms with E-state index in [1.165, 1.54) is 0 Å². The molecule has 134 valence electrons. The van der Waals surface area contributed by atoms with E-state index in [4.69, 9.17) is 10.5 Å². The molecule has 1 aromatic rings. The van der Waals surface area contributed by atoms with Crippen molar-refractivity contribution < 1.29 is 14.3 Å². The molecule has 0 saturated heterocycles. The van der Waals surface area contributed by atoms with E-state index >= 15 is 0 Å². The van der Waals surface area contributed by atoms with Crippen LogP contribution in [0, 0.1) is 5.92 Å². The van der Waals surface area contributed by atoms with Crippen molar-refractivity contribution in [1.29, 1.82) is 0 Å². The first-order valence-corrected chi connectivity index (χ1v) is 8.42. The number of rotatable bonds is 9. The number of hydrogen-bond acceptors (Lipinski definition) is 4. The fraction of sp³-hybridized carbons (Fsp3) is 0.556. The number of carbonyl (C=O) groups excluding carboxylic acids is 2. The highest BCUT2D eigenvalue weighted by Gasteiger charge is 2.24. The van der Waals surface area contributed by atoms with Gasteiger partial charge in [-0.1, -0.05) is 13.8 Å². The standard InChI is InChI=1S/C18H29N3O3/c1-5-24-15-8-6-14(7-9-15)17(22)21-16(12(2)3)18(23)20-11-10-13(4)19/h6-9,12-13,16H,5,10-11,19H2,1-4H3,(H,20,23)(H,21,22). The van der Waals surface area contributed by atoms with E-state index in [1.807, 2.05) is 27.7 Å². The highest BCUT2D eigenvalue weighted by Crippen LogP contribution is 2.13. The molecule has 0 bridgehead atoms. The van der Waals surface area contributed by atoms with E-state index in [0.29, 0.717) is 30.9 Å². The van der Waals surface area contributed by atoms with Crippen molar-refractivity contribution in [2.45, 2.75) is 46.2 Å². The molecule has 0 fully saturated rings. The van der Waals surface area contributed by atoms with Crippen molar-refractivity contribution in [1.82, 2.24) is 10.6 Å². The zero-order valence-corrected chi connectivity index (χ0v) is 15.0. The topological polar surface area (TPSA) is 93.4 Å². The predicted molar refractivity (Wildman–Crippen MR) is 95.0 cm³/mol. The SMILES string of the molecule is CCOc1ccc(C(=O)NC(C(=O)NCCC(C)N)C(C)C)cc1. The minimum Gasteiger partial charge on any atom is -0.494 e. The Morgan fingerprint density at radius 3 is 2.29 bits per heavy atom. The van der Waals surface area contributed by atoms with Gasteiger partial charge >= 0.3 is 0 Å². The molecule has 24 heavy (non-hydrogen) atoms. The molecule has 0 saturated carbocycles. The Morgan fingerprint density at radius 1 is 1.17 bits per heavy atom. The average molecular weight is 335 g/mol. The van der Waals surface area contributed by atoms with Crippen molar-refractivity contribution in [3.05, 3.63) is 29.8 Å². The molecule has 6 heteroatoms.